The summed E-state index contributed by atoms with van der Waals surface area (Å²) in [7, 11) is 0. The van der Waals surface area contributed by atoms with Crippen LogP contribution in [-0.4, -0.2) is 4.98 Å². The van der Waals surface area contributed by atoms with Crippen LogP contribution >= 0.6 is 0 Å². The van der Waals surface area contributed by atoms with Crippen LogP contribution in [0, 0.1) is 6.92 Å². The molecule has 0 bridgehead atoms. The van der Waals surface area contributed by atoms with Gasteiger partial charge in [0.1, 0.15) is 0 Å². The van der Waals surface area contributed by atoms with Crippen LogP contribution in [0.5, 0.6) is 0 Å². The first-order chi connectivity index (χ1) is 8.31. The maximum absolute atomic E-state index is 5.73. The summed E-state index contributed by atoms with van der Waals surface area (Å²) >= 11 is 0. The van der Waals surface area contributed by atoms with E-state index in [0.717, 1.165) is 12.1 Å². The Bertz CT molecular complexity index is 398. The first-order valence-electron chi connectivity index (χ1n) is 6.39. The van der Waals surface area contributed by atoms with Gasteiger partial charge in [0.25, 0.3) is 0 Å². The zero-order valence-electron chi connectivity index (χ0n) is 10.4. The van der Waals surface area contributed by atoms with Crippen LogP contribution in [0.1, 0.15) is 49.4 Å². The molecule has 0 radical (unpaired) electrons. The lowest BCUT2D eigenvalue weighted by atomic mass is 9.96. The lowest BCUT2D eigenvalue weighted by molar-refractivity contribution is 0.592. The third-order valence-electron chi connectivity index (χ3n) is 3.37. The van der Waals surface area contributed by atoms with E-state index in [4.69, 9.17) is 5.84 Å². The number of pyridine rings is 1. The molecule has 0 saturated heterocycles. The van der Waals surface area contributed by atoms with E-state index in [1.165, 1.54) is 36.8 Å². The van der Waals surface area contributed by atoms with Gasteiger partial charge in [-0.2, -0.15) is 0 Å². The normalized spacial score (nSPS) is 18.4. The highest BCUT2D eigenvalue weighted by molar-refractivity contribution is 5.28. The summed E-state index contributed by atoms with van der Waals surface area (Å²) in [5.41, 5.74) is 6.63. The third-order valence-corrected chi connectivity index (χ3v) is 3.37. The number of hydrogen-bond donors (Lipinski definition) is 2. The van der Waals surface area contributed by atoms with Gasteiger partial charge in [-0.3, -0.25) is 10.8 Å². The highest BCUT2D eigenvalue weighted by Gasteiger charge is 2.16. The summed E-state index contributed by atoms with van der Waals surface area (Å²) in [6, 6.07) is 4.30. The molecular weight excluding hydrogens is 210 g/mol. The predicted octanol–water partition coefficient (Wildman–Crippen LogP) is 2.78. The van der Waals surface area contributed by atoms with Crippen molar-refractivity contribution >= 4 is 0 Å². The van der Waals surface area contributed by atoms with Gasteiger partial charge in [0.05, 0.1) is 6.04 Å². The summed E-state index contributed by atoms with van der Waals surface area (Å²) in [6.45, 7) is 2.01. The zero-order valence-corrected chi connectivity index (χ0v) is 10.4. The molecule has 1 aromatic rings. The van der Waals surface area contributed by atoms with Gasteiger partial charge in [-0.15, -0.1) is 0 Å². The molecule has 1 atom stereocenters. The van der Waals surface area contributed by atoms with E-state index in [9.17, 15) is 0 Å². The molecule has 0 aromatic carbocycles. The predicted molar refractivity (Wildman–Crippen MR) is 70.2 cm³/mol. The molecule has 3 nitrogen and oxygen atoms in total. The average molecular weight is 231 g/mol. The number of hydrogen-bond acceptors (Lipinski definition) is 3. The summed E-state index contributed by atoms with van der Waals surface area (Å²) in [4.78, 5) is 4.23. The number of nitrogens with two attached hydrogens (primary N) is 1. The Hall–Kier alpha value is -1.19. The second-order valence-corrected chi connectivity index (χ2v) is 4.71. The molecule has 2 rings (SSSR count). The number of allylic oxidation sites excluding steroid dienone is 1. The smallest absolute Gasteiger partial charge is 0.0671 e. The van der Waals surface area contributed by atoms with E-state index >= 15 is 0 Å². The average Bonchev–Trinajstić information content (AvgIpc) is 2.59. The quantitative estimate of drug-likeness (QED) is 0.478. The number of hydrazine groups is 1. The molecule has 0 spiro atoms. The first-order valence-corrected chi connectivity index (χ1v) is 6.39. The topological polar surface area (TPSA) is 50.9 Å². The Morgan fingerprint density at radius 3 is 3.00 bits per heavy atom. The lowest BCUT2D eigenvalue weighted by Gasteiger charge is -2.20. The van der Waals surface area contributed by atoms with Gasteiger partial charge >= 0.3 is 0 Å². The van der Waals surface area contributed by atoms with Gasteiger partial charge < -0.3 is 0 Å². The summed E-state index contributed by atoms with van der Waals surface area (Å²) < 4.78 is 0. The Balaban J connectivity index is 2.23. The SMILES string of the molecule is Cc1cc(C(NN)C2=CCCCCC2)ccn1. The molecule has 3 N–H and O–H groups in total. The number of aryl methyl sites for hydroxylation is 1. The summed E-state index contributed by atoms with van der Waals surface area (Å²) in [6.07, 6.45) is 10.4. The van der Waals surface area contributed by atoms with Crippen molar-refractivity contribution in [1.29, 1.82) is 0 Å². The van der Waals surface area contributed by atoms with Crippen molar-refractivity contribution in [2.75, 3.05) is 0 Å². The molecule has 1 aromatic heterocycles. The van der Waals surface area contributed by atoms with Crippen molar-refractivity contribution in [2.24, 2.45) is 5.84 Å². The fraction of sp³-hybridized carbons (Fsp3) is 0.500. The molecule has 1 aliphatic carbocycles. The fourth-order valence-corrected chi connectivity index (χ4v) is 2.47. The summed E-state index contributed by atoms with van der Waals surface area (Å²) in [5, 5.41) is 0. The second kappa shape index (κ2) is 5.94. The number of nitrogens with one attached hydrogen (secondary N) is 1. The minimum absolute atomic E-state index is 0.148. The maximum Gasteiger partial charge on any atom is 0.0671 e. The van der Waals surface area contributed by atoms with Gasteiger partial charge in [0.15, 0.2) is 0 Å². The second-order valence-electron chi connectivity index (χ2n) is 4.71. The zero-order chi connectivity index (χ0) is 12.1. The third kappa shape index (κ3) is 3.14. The summed E-state index contributed by atoms with van der Waals surface area (Å²) in [5.74, 6) is 5.73. The van der Waals surface area contributed by atoms with Gasteiger partial charge in [0.2, 0.25) is 0 Å². The Kier molecular flexibility index (Phi) is 4.29. The highest BCUT2D eigenvalue weighted by Crippen LogP contribution is 2.28. The van der Waals surface area contributed by atoms with Gasteiger partial charge in [-0.1, -0.05) is 18.1 Å². The molecule has 92 valence electrons. The monoisotopic (exact) mass is 231 g/mol. The van der Waals surface area contributed by atoms with Gasteiger partial charge in [-0.05, 0) is 50.3 Å². The van der Waals surface area contributed by atoms with E-state index in [1.807, 2.05) is 19.2 Å². The van der Waals surface area contributed by atoms with Crippen LogP contribution in [0.15, 0.2) is 30.0 Å². The van der Waals surface area contributed by atoms with Crippen LogP contribution in [0.2, 0.25) is 0 Å². The van der Waals surface area contributed by atoms with Crippen molar-refractivity contribution in [3.8, 4) is 0 Å². The molecule has 1 heterocycles. The molecular formula is C14H21N3. The lowest BCUT2D eigenvalue weighted by Crippen LogP contribution is -2.29. The molecule has 3 heteroatoms. The van der Waals surface area contributed by atoms with Crippen LogP contribution in [-0.2, 0) is 0 Å². The molecule has 0 fully saturated rings. The van der Waals surface area contributed by atoms with E-state index in [-0.39, 0.29) is 6.04 Å². The van der Waals surface area contributed by atoms with Crippen LogP contribution in [0.3, 0.4) is 0 Å². The maximum atomic E-state index is 5.73. The number of aromatic nitrogens is 1. The fourth-order valence-electron chi connectivity index (χ4n) is 2.47. The first kappa shape index (κ1) is 12.3. The largest absolute Gasteiger partial charge is 0.271 e. The van der Waals surface area contributed by atoms with Crippen molar-refractivity contribution in [2.45, 2.75) is 45.1 Å². The highest BCUT2D eigenvalue weighted by atomic mass is 15.2. The van der Waals surface area contributed by atoms with Crippen LogP contribution in [0.25, 0.3) is 0 Å². The van der Waals surface area contributed by atoms with Crippen molar-refractivity contribution in [1.82, 2.24) is 10.4 Å². The van der Waals surface area contributed by atoms with Crippen LogP contribution < -0.4 is 11.3 Å². The van der Waals surface area contributed by atoms with Crippen LogP contribution in [0.4, 0.5) is 0 Å². The minimum atomic E-state index is 0.148. The van der Waals surface area contributed by atoms with E-state index in [1.54, 1.807) is 0 Å². The number of rotatable bonds is 3. The Morgan fingerprint density at radius 2 is 2.24 bits per heavy atom. The van der Waals surface area contributed by atoms with E-state index in [2.05, 4.69) is 22.6 Å². The standard InChI is InChI=1S/C14H21N3/c1-11-10-13(8-9-16-11)14(17-15)12-6-4-2-3-5-7-12/h6,8-10,14,17H,2-5,7,15H2,1H3. The Labute approximate surface area is 103 Å². The van der Waals surface area contributed by atoms with Gasteiger partial charge in [-0.25, -0.2) is 5.43 Å². The molecule has 1 aliphatic rings. The van der Waals surface area contributed by atoms with Crippen molar-refractivity contribution in [3.05, 3.63) is 41.2 Å². The minimum Gasteiger partial charge on any atom is -0.271 e. The molecule has 0 amide bonds. The molecule has 17 heavy (non-hydrogen) atoms. The Morgan fingerprint density at radius 1 is 1.35 bits per heavy atom. The van der Waals surface area contributed by atoms with Crippen molar-refractivity contribution in [3.63, 3.8) is 0 Å². The van der Waals surface area contributed by atoms with Crippen molar-refractivity contribution < 1.29 is 0 Å². The number of nitrogens with zero attached hydrogens (tertiary/aromatic N) is 1. The molecule has 1 unspecified atom stereocenters. The van der Waals surface area contributed by atoms with E-state index in [0.29, 0.717) is 0 Å². The van der Waals surface area contributed by atoms with Gasteiger partial charge in [0, 0.05) is 11.9 Å². The molecule has 0 aliphatic heterocycles. The van der Waals surface area contributed by atoms with E-state index < -0.39 is 0 Å². The molecule has 0 saturated carbocycles.